The number of para-hydroxylation sites is 2. The SMILES string of the molecule is COc1cc2c(cc1NC(=O)[C@H](NC(=O)Nc1ccccc1)C(C)C)oc1ccccc12. The number of hydrogen-bond donors (Lipinski definition) is 3. The summed E-state index contributed by atoms with van der Waals surface area (Å²) in [7, 11) is 1.55. The number of hydrogen-bond acceptors (Lipinski definition) is 4. The van der Waals surface area contributed by atoms with Crippen molar-refractivity contribution in [2.45, 2.75) is 19.9 Å². The smallest absolute Gasteiger partial charge is 0.319 e. The van der Waals surface area contributed by atoms with Gasteiger partial charge in [0.05, 0.1) is 12.8 Å². The summed E-state index contributed by atoms with van der Waals surface area (Å²) in [5.41, 5.74) is 2.51. The molecule has 0 radical (unpaired) electrons. The minimum absolute atomic E-state index is 0.141. The lowest BCUT2D eigenvalue weighted by Gasteiger charge is -2.22. The molecule has 1 heterocycles. The molecule has 164 valence electrons. The number of amides is 3. The van der Waals surface area contributed by atoms with E-state index in [0.717, 1.165) is 16.4 Å². The Bertz CT molecular complexity index is 1260. The van der Waals surface area contributed by atoms with E-state index >= 15 is 0 Å². The summed E-state index contributed by atoms with van der Waals surface area (Å²) >= 11 is 0. The second-order valence-corrected chi connectivity index (χ2v) is 7.82. The molecule has 4 aromatic rings. The van der Waals surface area contributed by atoms with E-state index < -0.39 is 12.1 Å². The molecular weight excluding hydrogens is 406 g/mol. The Morgan fingerprint density at radius 3 is 2.31 bits per heavy atom. The Morgan fingerprint density at radius 2 is 1.59 bits per heavy atom. The van der Waals surface area contributed by atoms with E-state index in [9.17, 15) is 9.59 Å². The lowest BCUT2D eigenvalue weighted by atomic mass is 10.0. The minimum atomic E-state index is -0.755. The zero-order valence-corrected chi connectivity index (χ0v) is 18.1. The van der Waals surface area contributed by atoms with Crippen LogP contribution in [0.3, 0.4) is 0 Å². The van der Waals surface area contributed by atoms with Crippen molar-refractivity contribution < 1.29 is 18.7 Å². The highest BCUT2D eigenvalue weighted by Gasteiger charge is 2.25. The summed E-state index contributed by atoms with van der Waals surface area (Å²) < 4.78 is 11.4. The highest BCUT2D eigenvalue weighted by Crippen LogP contribution is 2.36. The fourth-order valence-electron chi connectivity index (χ4n) is 3.59. The number of nitrogens with one attached hydrogen (secondary N) is 3. The topological polar surface area (TPSA) is 92.6 Å². The van der Waals surface area contributed by atoms with Crippen molar-refractivity contribution in [1.82, 2.24) is 5.32 Å². The number of methoxy groups -OCH3 is 1. The Morgan fingerprint density at radius 1 is 0.875 bits per heavy atom. The van der Waals surface area contributed by atoms with E-state index in [1.807, 2.05) is 62.4 Å². The van der Waals surface area contributed by atoms with Gasteiger partial charge in [0, 0.05) is 22.5 Å². The lowest BCUT2D eigenvalue weighted by Crippen LogP contribution is -2.48. The van der Waals surface area contributed by atoms with Crippen molar-refractivity contribution in [2.75, 3.05) is 17.7 Å². The summed E-state index contributed by atoms with van der Waals surface area (Å²) in [6.07, 6.45) is 0. The standard InChI is InChI=1S/C25H25N3O4/c1-15(2)23(28-25(30)26-16-9-5-4-6-10-16)24(29)27-19-14-21-18(13-22(19)31-3)17-11-7-8-12-20(17)32-21/h4-15,23H,1-3H3,(H,27,29)(H2,26,28,30)/t23-/m1/s1. The number of benzene rings is 3. The Labute approximate surface area is 185 Å². The molecule has 0 spiro atoms. The quantitative estimate of drug-likeness (QED) is 0.382. The molecule has 0 aliphatic heterocycles. The van der Waals surface area contributed by atoms with Crippen LogP contribution in [0.5, 0.6) is 5.75 Å². The average molecular weight is 431 g/mol. The first kappa shape index (κ1) is 21.2. The van der Waals surface area contributed by atoms with Gasteiger partial charge in [-0.2, -0.15) is 0 Å². The lowest BCUT2D eigenvalue weighted by molar-refractivity contribution is -0.118. The summed E-state index contributed by atoms with van der Waals surface area (Å²) in [5.74, 6) is 0.0167. The molecule has 0 aliphatic rings. The molecule has 1 atom stereocenters. The van der Waals surface area contributed by atoms with E-state index in [1.165, 1.54) is 0 Å². The predicted molar refractivity (Wildman–Crippen MR) is 126 cm³/mol. The number of fused-ring (bicyclic) bond motifs is 3. The molecule has 3 amide bonds. The van der Waals surface area contributed by atoms with E-state index in [0.29, 0.717) is 22.7 Å². The molecule has 0 aliphatic carbocycles. The van der Waals surface area contributed by atoms with Crippen LogP contribution in [0.15, 0.2) is 71.1 Å². The third-order valence-corrected chi connectivity index (χ3v) is 5.22. The monoisotopic (exact) mass is 431 g/mol. The third kappa shape index (κ3) is 4.37. The van der Waals surface area contributed by atoms with Gasteiger partial charge in [0.2, 0.25) is 5.91 Å². The van der Waals surface area contributed by atoms with Crippen LogP contribution in [0.4, 0.5) is 16.2 Å². The maximum absolute atomic E-state index is 13.1. The van der Waals surface area contributed by atoms with Crippen LogP contribution in [0.25, 0.3) is 21.9 Å². The van der Waals surface area contributed by atoms with Crippen molar-refractivity contribution in [2.24, 2.45) is 5.92 Å². The zero-order valence-electron chi connectivity index (χ0n) is 18.1. The second-order valence-electron chi connectivity index (χ2n) is 7.82. The van der Waals surface area contributed by atoms with Gasteiger partial charge < -0.3 is 25.1 Å². The van der Waals surface area contributed by atoms with Crippen molar-refractivity contribution in [1.29, 1.82) is 0 Å². The highest BCUT2D eigenvalue weighted by molar-refractivity contribution is 6.08. The molecule has 0 unspecified atom stereocenters. The van der Waals surface area contributed by atoms with Gasteiger partial charge in [-0.3, -0.25) is 4.79 Å². The van der Waals surface area contributed by atoms with Crippen molar-refractivity contribution >= 4 is 45.3 Å². The zero-order chi connectivity index (χ0) is 22.7. The van der Waals surface area contributed by atoms with E-state index in [-0.39, 0.29) is 11.8 Å². The van der Waals surface area contributed by atoms with Gasteiger partial charge in [-0.25, -0.2) is 4.79 Å². The van der Waals surface area contributed by atoms with E-state index in [1.54, 1.807) is 25.3 Å². The molecule has 4 rings (SSSR count). The normalized spacial score (nSPS) is 12.0. The number of rotatable bonds is 6. The van der Waals surface area contributed by atoms with Gasteiger partial charge in [0.25, 0.3) is 0 Å². The van der Waals surface area contributed by atoms with Gasteiger partial charge in [0.1, 0.15) is 23.0 Å². The van der Waals surface area contributed by atoms with Crippen LogP contribution in [-0.2, 0) is 4.79 Å². The summed E-state index contributed by atoms with van der Waals surface area (Å²) in [5, 5.41) is 10.2. The molecule has 0 bridgehead atoms. The van der Waals surface area contributed by atoms with Gasteiger partial charge in [-0.05, 0) is 30.2 Å². The number of ether oxygens (including phenoxy) is 1. The predicted octanol–water partition coefficient (Wildman–Crippen LogP) is 5.38. The molecule has 32 heavy (non-hydrogen) atoms. The van der Waals surface area contributed by atoms with Gasteiger partial charge in [0.15, 0.2) is 0 Å². The fraction of sp³-hybridized carbons (Fsp3) is 0.200. The molecule has 3 N–H and O–H groups in total. The summed E-state index contributed by atoms with van der Waals surface area (Å²) in [6, 6.07) is 19.2. The van der Waals surface area contributed by atoms with Crippen molar-refractivity contribution in [3.05, 3.63) is 66.7 Å². The minimum Gasteiger partial charge on any atom is -0.495 e. The number of carbonyl (C=O) groups is 2. The molecule has 0 saturated carbocycles. The number of urea groups is 1. The molecular formula is C25H25N3O4. The fourth-order valence-corrected chi connectivity index (χ4v) is 3.59. The van der Waals surface area contributed by atoms with Gasteiger partial charge in [-0.15, -0.1) is 0 Å². The maximum atomic E-state index is 13.1. The van der Waals surface area contributed by atoms with Crippen LogP contribution < -0.4 is 20.7 Å². The first-order valence-corrected chi connectivity index (χ1v) is 10.4. The Kier molecular flexibility index (Phi) is 5.98. The van der Waals surface area contributed by atoms with Crippen LogP contribution in [0.1, 0.15) is 13.8 Å². The molecule has 1 aromatic heterocycles. The third-order valence-electron chi connectivity index (χ3n) is 5.22. The second kappa shape index (κ2) is 9.01. The Hall–Kier alpha value is -4.00. The first-order valence-electron chi connectivity index (χ1n) is 10.4. The van der Waals surface area contributed by atoms with Crippen molar-refractivity contribution in [3.8, 4) is 5.75 Å². The van der Waals surface area contributed by atoms with Crippen LogP contribution in [-0.4, -0.2) is 25.1 Å². The molecule has 7 heteroatoms. The van der Waals surface area contributed by atoms with Gasteiger partial charge >= 0.3 is 6.03 Å². The maximum Gasteiger partial charge on any atom is 0.319 e. The van der Waals surface area contributed by atoms with Crippen LogP contribution in [0, 0.1) is 5.92 Å². The number of anilines is 2. The molecule has 0 fully saturated rings. The van der Waals surface area contributed by atoms with E-state index in [2.05, 4.69) is 16.0 Å². The first-order chi connectivity index (χ1) is 15.5. The van der Waals surface area contributed by atoms with Crippen LogP contribution >= 0.6 is 0 Å². The largest absolute Gasteiger partial charge is 0.495 e. The Balaban J connectivity index is 1.56. The average Bonchev–Trinajstić information content (AvgIpc) is 3.14. The molecule has 0 saturated heterocycles. The van der Waals surface area contributed by atoms with Crippen molar-refractivity contribution in [3.63, 3.8) is 0 Å². The van der Waals surface area contributed by atoms with E-state index in [4.69, 9.17) is 9.15 Å². The highest BCUT2D eigenvalue weighted by atomic mass is 16.5. The summed E-state index contributed by atoms with van der Waals surface area (Å²) in [6.45, 7) is 3.74. The number of furan rings is 1. The van der Waals surface area contributed by atoms with Crippen LogP contribution in [0.2, 0.25) is 0 Å². The molecule has 3 aromatic carbocycles. The number of carbonyl (C=O) groups excluding carboxylic acids is 2. The molecule has 7 nitrogen and oxygen atoms in total. The summed E-state index contributed by atoms with van der Waals surface area (Å²) in [4.78, 5) is 25.5. The van der Waals surface area contributed by atoms with Gasteiger partial charge in [-0.1, -0.05) is 50.2 Å².